The number of ether oxygens (including phenoxy) is 1. The van der Waals surface area contributed by atoms with Crippen LogP contribution in [0.3, 0.4) is 0 Å². The average Bonchev–Trinajstić information content (AvgIpc) is 2.39. The highest BCUT2D eigenvalue weighted by Crippen LogP contribution is 2.31. The monoisotopic (exact) mass is 298 g/mol. The number of hydrogen-bond acceptors (Lipinski definition) is 3. The van der Waals surface area contributed by atoms with E-state index in [1.54, 1.807) is 13.0 Å². The summed E-state index contributed by atoms with van der Waals surface area (Å²) in [5.74, 6) is -1.02. The highest BCUT2D eigenvalue weighted by molar-refractivity contribution is 6.30. The summed E-state index contributed by atoms with van der Waals surface area (Å²) in [5, 5.41) is 2.92. The fourth-order valence-electron chi connectivity index (χ4n) is 1.67. The molecular formula is C14H13ClF2N2O. The van der Waals surface area contributed by atoms with Crippen molar-refractivity contribution < 1.29 is 13.5 Å². The van der Waals surface area contributed by atoms with Crippen molar-refractivity contribution in [2.75, 3.05) is 17.7 Å². The molecule has 0 aliphatic rings. The number of anilines is 3. The van der Waals surface area contributed by atoms with E-state index >= 15 is 0 Å². The lowest BCUT2D eigenvalue weighted by Crippen LogP contribution is -2.01. The fourth-order valence-corrected chi connectivity index (χ4v) is 1.79. The molecule has 6 heteroatoms. The standard InChI is InChI=1S/C14H13ClF2N2O/c1-2-20-14-7-13(12(18)6-11(14)17)19-8-3-4-9(15)10(16)5-8/h3-7,19H,2,18H2,1H3. The molecule has 3 N–H and O–H groups in total. The van der Waals surface area contributed by atoms with Crippen LogP contribution in [0.4, 0.5) is 25.8 Å². The molecule has 3 nitrogen and oxygen atoms in total. The molecule has 0 saturated heterocycles. The molecule has 0 saturated carbocycles. The lowest BCUT2D eigenvalue weighted by molar-refractivity contribution is 0.322. The molecule has 2 rings (SSSR count). The predicted octanol–water partition coefficient (Wildman–Crippen LogP) is 4.34. The molecule has 0 atom stereocenters. The van der Waals surface area contributed by atoms with Gasteiger partial charge in [-0.25, -0.2) is 8.78 Å². The van der Waals surface area contributed by atoms with Crippen molar-refractivity contribution in [1.82, 2.24) is 0 Å². The third kappa shape index (κ3) is 3.11. The van der Waals surface area contributed by atoms with Gasteiger partial charge in [0.05, 0.1) is 23.0 Å². The summed E-state index contributed by atoms with van der Waals surface area (Å²) in [6.45, 7) is 2.08. The van der Waals surface area contributed by atoms with Crippen molar-refractivity contribution in [1.29, 1.82) is 0 Å². The van der Waals surface area contributed by atoms with Gasteiger partial charge in [-0.15, -0.1) is 0 Å². The summed E-state index contributed by atoms with van der Waals surface area (Å²) in [4.78, 5) is 0. The van der Waals surface area contributed by atoms with Crippen molar-refractivity contribution in [2.24, 2.45) is 0 Å². The minimum atomic E-state index is -0.553. The van der Waals surface area contributed by atoms with Crippen molar-refractivity contribution in [3.8, 4) is 5.75 Å². The zero-order chi connectivity index (χ0) is 14.7. The average molecular weight is 299 g/mol. The Bertz CT molecular complexity index is 635. The van der Waals surface area contributed by atoms with Crippen LogP contribution >= 0.6 is 11.6 Å². The molecule has 0 fully saturated rings. The lowest BCUT2D eigenvalue weighted by Gasteiger charge is -2.13. The van der Waals surface area contributed by atoms with Crippen LogP contribution in [0, 0.1) is 11.6 Å². The number of nitrogen functional groups attached to an aromatic ring is 1. The first-order valence-electron chi connectivity index (χ1n) is 5.95. The summed E-state index contributed by atoms with van der Waals surface area (Å²) in [6.07, 6.45) is 0. The van der Waals surface area contributed by atoms with E-state index in [4.69, 9.17) is 22.1 Å². The van der Waals surface area contributed by atoms with Crippen molar-refractivity contribution in [2.45, 2.75) is 6.92 Å². The summed E-state index contributed by atoms with van der Waals surface area (Å²) >= 11 is 5.61. The van der Waals surface area contributed by atoms with Crippen molar-refractivity contribution in [3.05, 3.63) is 47.0 Å². The summed E-state index contributed by atoms with van der Waals surface area (Å²) in [5.41, 5.74) is 6.80. The SMILES string of the molecule is CCOc1cc(Nc2ccc(Cl)c(F)c2)c(N)cc1F. The van der Waals surface area contributed by atoms with E-state index in [2.05, 4.69) is 5.32 Å². The Hall–Kier alpha value is -2.01. The van der Waals surface area contributed by atoms with Crippen molar-refractivity contribution >= 4 is 28.7 Å². The molecule has 0 aromatic heterocycles. The number of benzene rings is 2. The number of nitrogens with one attached hydrogen (secondary N) is 1. The maximum Gasteiger partial charge on any atom is 0.167 e. The third-order valence-electron chi connectivity index (χ3n) is 2.60. The lowest BCUT2D eigenvalue weighted by atomic mass is 10.2. The normalized spacial score (nSPS) is 10.4. The van der Waals surface area contributed by atoms with Crippen molar-refractivity contribution in [3.63, 3.8) is 0 Å². The Morgan fingerprint density at radius 1 is 1.20 bits per heavy atom. The van der Waals surface area contributed by atoms with Gasteiger partial charge in [-0.1, -0.05) is 11.6 Å². The predicted molar refractivity (Wildman–Crippen MR) is 76.7 cm³/mol. The smallest absolute Gasteiger partial charge is 0.167 e. The fraction of sp³-hybridized carbons (Fsp3) is 0.143. The molecule has 2 aromatic rings. The van der Waals surface area contributed by atoms with Gasteiger partial charge in [0.1, 0.15) is 5.82 Å². The van der Waals surface area contributed by atoms with E-state index < -0.39 is 11.6 Å². The first-order chi connectivity index (χ1) is 9.51. The van der Waals surface area contributed by atoms with Crippen LogP contribution in [0.5, 0.6) is 5.75 Å². The molecular weight excluding hydrogens is 286 g/mol. The van der Waals surface area contributed by atoms with Crippen LogP contribution < -0.4 is 15.8 Å². The van der Waals surface area contributed by atoms with Gasteiger partial charge < -0.3 is 15.8 Å². The van der Waals surface area contributed by atoms with Crippen LogP contribution in [-0.4, -0.2) is 6.61 Å². The highest BCUT2D eigenvalue weighted by Gasteiger charge is 2.10. The molecule has 0 aliphatic heterocycles. The van der Waals surface area contributed by atoms with Gasteiger partial charge >= 0.3 is 0 Å². The Labute approximate surface area is 120 Å². The molecule has 20 heavy (non-hydrogen) atoms. The zero-order valence-corrected chi connectivity index (χ0v) is 11.5. The van der Waals surface area contributed by atoms with E-state index in [0.29, 0.717) is 18.0 Å². The molecule has 0 unspecified atom stereocenters. The Balaban J connectivity index is 2.32. The first-order valence-corrected chi connectivity index (χ1v) is 6.33. The molecule has 2 aromatic carbocycles. The topological polar surface area (TPSA) is 47.3 Å². The zero-order valence-electron chi connectivity index (χ0n) is 10.7. The minimum Gasteiger partial charge on any atom is -0.491 e. The van der Waals surface area contributed by atoms with E-state index in [9.17, 15) is 8.78 Å². The van der Waals surface area contributed by atoms with E-state index in [0.717, 1.165) is 6.07 Å². The van der Waals surface area contributed by atoms with E-state index in [1.165, 1.54) is 18.2 Å². The second-order valence-electron chi connectivity index (χ2n) is 4.06. The van der Waals surface area contributed by atoms with Crippen LogP contribution in [-0.2, 0) is 0 Å². The Morgan fingerprint density at radius 2 is 1.95 bits per heavy atom. The molecule has 0 amide bonds. The Morgan fingerprint density at radius 3 is 2.60 bits per heavy atom. The van der Waals surface area contributed by atoms with Gasteiger partial charge in [-0.3, -0.25) is 0 Å². The number of halogens is 3. The van der Waals surface area contributed by atoms with Gasteiger partial charge in [-0.05, 0) is 25.1 Å². The van der Waals surface area contributed by atoms with Crippen LogP contribution in [0.25, 0.3) is 0 Å². The quantitative estimate of drug-likeness (QED) is 0.825. The summed E-state index contributed by atoms with van der Waals surface area (Å²) in [7, 11) is 0. The van der Waals surface area contributed by atoms with Gasteiger partial charge in [0.2, 0.25) is 0 Å². The maximum atomic E-state index is 13.6. The molecule has 0 spiro atoms. The minimum absolute atomic E-state index is 0.0256. The second kappa shape index (κ2) is 5.96. The number of hydrogen-bond donors (Lipinski definition) is 2. The van der Waals surface area contributed by atoms with Crippen LogP contribution in [0.1, 0.15) is 6.92 Å². The molecule has 0 heterocycles. The second-order valence-corrected chi connectivity index (χ2v) is 4.46. The molecule has 0 aliphatic carbocycles. The Kier molecular flexibility index (Phi) is 4.29. The molecule has 0 bridgehead atoms. The summed E-state index contributed by atoms with van der Waals surface area (Å²) < 4.78 is 32.1. The molecule has 0 radical (unpaired) electrons. The highest BCUT2D eigenvalue weighted by atomic mass is 35.5. The van der Waals surface area contributed by atoms with Gasteiger partial charge in [-0.2, -0.15) is 0 Å². The molecule has 106 valence electrons. The number of rotatable bonds is 4. The van der Waals surface area contributed by atoms with E-state index in [-0.39, 0.29) is 16.5 Å². The first kappa shape index (κ1) is 14.4. The number of nitrogens with two attached hydrogens (primary N) is 1. The maximum absolute atomic E-state index is 13.6. The van der Waals surface area contributed by atoms with Gasteiger partial charge in [0, 0.05) is 17.8 Å². The van der Waals surface area contributed by atoms with Gasteiger partial charge in [0.25, 0.3) is 0 Å². The summed E-state index contributed by atoms with van der Waals surface area (Å²) in [6, 6.07) is 6.82. The van der Waals surface area contributed by atoms with Crippen LogP contribution in [0.2, 0.25) is 5.02 Å². The van der Waals surface area contributed by atoms with E-state index in [1.807, 2.05) is 0 Å². The van der Waals surface area contributed by atoms with Gasteiger partial charge in [0.15, 0.2) is 11.6 Å². The van der Waals surface area contributed by atoms with Crippen LogP contribution in [0.15, 0.2) is 30.3 Å². The third-order valence-corrected chi connectivity index (χ3v) is 2.91. The largest absolute Gasteiger partial charge is 0.491 e.